The number of hydrogen-bond acceptors (Lipinski definition) is 2. The highest BCUT2D eigenvalue weighted by molar-refractivity contribution is 5.56. The molecule has 0 amide bonds. The number of nitrogens with zero attached hydrogens (tertiary/aromatic N) is 1. The lowest BCUT2D eigenvalue weighted by atomic mass is 10.1. The van der Waals surface area contributed by atoms with Crippen LogP contribution in [0, 0.1) is 12.7 Å². The van der Waals surface area contributed by atoms with Gasteiger partial charge < -0.3 is 10.2 Å². The number of benzene rings is 2. The number of halogens is 1. The number of rotatable bonds is 4. The second kappa shape index (κ2) is 6.17. The highest BCUT2D eigenvalue weighted by atomic mass is 19.1. The van der Waals surface area contributed by atoms with Crippen LogP contribution in [-0.2, 0) is 6.54 Å². The molecule has 1 fully saturated rings. The minimum atomic E-state index is -0.195. The highest BCUT2D eigenvalue weighted by Gasteiger charge is 2.15. The van der Waals surface area contributed by atoms with E-state index in [4.69, 9.17) is 0 Å². The Hall–Kier alpha value is -2.03. The lowest BCUT2D eigenvalue weighted by Gasteiger charge is -2.22. The average molecular weight is 284 g/mol. The summed E-state index contributed by atoms with van der Waals surface area (Å²) in [4.78, 5) is 2.42. The maximum absolute atomic E-state index is 13.8. The standard InChI is InChI=1S/C18H21FN2/c1-14-8-9-16(19)17(12-14)20-13-15-6-2-3-7-18(15)21-10-4-5-11-21/h2-3,6-9,12,20H,4-5,10-11,13H2,1H3. The second-order valence-electron chi connectivity index (χ2n) is 5.66. The normalized spacial score (nSPS) is 14.5. The summed E-state index contributed by atoms with van der Waals surface area (Å²) in [5.41, 5.74) is 4.13. The van der Waals surface area contributed by atoms with Crippen molar-refractivity contribution in [2.45, 2.75) is 26.3 Å². The van der Waals surface area contributed by atoms with Gasteiger partial charge in [0.15, 0.2) is 0 Å². The predicted molar refractivity (Wildman–Crippen MR) is 86.4 cm³/mol. The van der Waals surface area contributed by atoms with E-state index in [1.54, 1.807) is 6.07 Å². The molecular formula is C18H21FN2. The predicted octanol–water partition coefficient (Wildman–Crippen LogP) is 4.35. The zero-order valence-electron chi connectivity index (χ0n) is 12.4. The first-order valence-corrected chi connectivity index (χ1v) is 7.57. The molecule has 21 heavy (non-hydrogen) atoms. The molecule has 3 rings (SSSR count). The first kappa shape index (κ1) is 13.9. The molecule has 0 bridgehead atoms. The Morgan fingerprint density at radius 3 is 2.67 bits per heavy atom. The van der Waals surface area contributed by atoms with Gasteiger partial charge in [-0.2, -0.15) is 0 Å². The summed E-state index contributed by atoms with van der Waals surface area (Å²) in [5, 5.41) is 3.23. The van der Waals surface area contributed by atoms with Crippen molar-refractivity contribution in [1.82, 2.24) is 0 Å². The van der Waals surface area contributed by atoms with Gasteiger partial charge in [0.1, 0.15) is 5.82 Å². The third kappa shape index (κ3) is 3.18. The van der Waals surface area contributed by atoms with Gasteiger partial charge in [0.05, 0.1) is 5.69 Å². The number of anilines is 2. The Kier molecular flexibility index (Phi) is 4.09. The van der Waals surface area contributed by atoms with E-state index in [-0.39, 0.29) is 5.82 Å². The number of hydrogen-bond donors (Lipinski definition) is 1. The zero-order valence-corrected chi connectivity index (χ0v) is 12.4. The lowest BCUT2D eigenvalue weighted by molar-refractivity contribution is 0.629. The third-order valence-corrected chi connectivity index (χ3v) is 4.03. The van der Waals surface area contributed by atoms with E-state index in [2.05, 4.69) is 28.4 Å². The fourth-order valence-electron chi connectivity index (χ4n) is 2.89. The van der Waals surface area contributed by atoms with Gasteiger partial charge >= 0.3 is 0 Å². The molecule has 1 heterocycles. The molecule has 0 spiro atoms. The van der Waals surface area contributed by atoms with Gasteiger partial charge in [-0.05, 0) is 49.1 Å². The molecule has 0 atom stereocenters. The van der Waals surface area contributed by atoms with Gasteiger partial charge in [-0.25, -0.2) is 4.39 Å². The fraction of sp³-hybridized carbons (Fsp3) is 0.333. The number of para-hydroxylation sites is 1. The molecule has 0 radical (unpaired) electrons. The van der Waals surface area contributed by atoms with Crippen LogP contribution in [0.4, 0.5) is 15.8 Å². The molecule has 3 heteroatoms. The maximum atomic E-state index is 13.8. The van der Waals surface area contributed by atoms with Crippen LogP contribution < -0.4 is 10.2 Å². The van der Waals surface area contributed by atoms with Crippen LogP contribution in [0.2, 0.25) is 0 Å². The zero-order chi connectivity index (χ0) is 14.7. The minimum Gasteiger partial charge on any atom is -0.379 e. The Morgan fingerprint density at radius 2 is 1.86 bits per heavy atom. The van der Waals surface area contributed by atoms with Crippen LogP contribution in [-0.4, -0.2) is 13.1 Å². The Bertz CT molecular complexity index is 618. The first-order valence-electron chi connectivity index (χ1n) is 7.57. The Morgan fingerprint density at radius 1 is 1.10 bits per heavy atom. The summed E-state index contributed by atoms with van der Waals surface area (Å²) in [7, 11) is 0. The van der Waals surface area contributed by atoms with Crippen molar-refractivity contribution in [3.8, 4) is 0 Å². The summed E-state index contributed by atoms with van der Waals surface area (Å²) in [6.07, 6.45) is 2.52. The highest BCUT2D eigenvalue weighted by Crippen LogP contribution is 2.25. The monoisotopic (exact) mass is 284 g/mol. The fourth-order valence-corrected chi connectivity index (χ4v) is 2.89. The summed E-state index contributed by atoms with van der Waals surface area (Å²) in [6.45, 7) is 4.86. The van der Waals surface area contributed by atoms with E-state index in [0.29, 0.717) is 12.2 Å². The topological polar surface area (TPSA) is 15.3 Å². The molecule has 1 aliphatic heterocycles. The molecule has 2 nitrogen and oxygen atoms in total. The average Bonchev–Trinajstić information content (AvgIpc) is 3.03. The van der Waals surface area contributed by atoms with Crippen molar-refractivity contribution >= 4 is 11.4 Å². The maximum Gasteiger partial charge on any atom is 0.146 e. The molecule has 0 unspecified atom stereocenters. The first-order chi connectivity index (χ1) is 10.2. The Balaban J connectivity index is 1.77. The molecule has 0 aliphatic carbocycles. The number of nitrogens with one attached hydrogen (secondary N) is 1. The van der Waals surface area contributed by atoms with Gasteiger partial charge in [0.2, 0.25) is 0 Å². The molecule has 1 N–H and O–H groups in total. The van der Waals surface area contributed by atoms with Crippen molar-refractivity contribution in [3.63, 3.8) is 0 Å². The lowest BCUT2D eigenvalue weighted by Crippen LogP contribution is -2.20. The smallest absolute Gasteiger partial charge is 0.146 e. The van der Waals surface area contributed by atoms with Crippen molar-refractivity contribution in [1.29, 1.82) is 0 Å². The largest absolute Gasteiger partial charge is 0.379 e. The summed E-state index contributed by atoms with van der Waals surface area (Å²) in [6, 6.07) is 13.6. The van der Waals surface area contributed by atoms with Crippen molar-refractivity contribution in [2.75, 3.05) is 23.3 Å². The third-order valence-electron chi connectivity index (χ3n) is 4.03. The van der Waals surface area contributed by atoms with E-state index in [0.717, 1.165) is 18.7 Å². The van der Waals surface area contributed by atoms with Gasteiger partial charge in [-0.15, -0.1) is 0 Å². The SMILES string of the molecule is Cc1ccc(F)c(NCc2ccccc2N2CCCC2)c1. The van der Waals surface area contributed by atoms with E-state index >= 15 is 0 Å². The minimum absolute atomic E-state index is 0.195. The van der Waals surface area contributed by atoms with E-state index in [1.165, 1.54) is 30.2 Å². The number of aryl methyl sites for hydroxylation is 1. The van der Waals surface area contributed by atoms with Crippen LogP contribution in [0.3, 0.4) is 0 Å². The quantitative estimate of drug-likeness (QED) is 0.898. The molecule has 0 saturated carbocycles. The molecule has 1 aliphatic rings. The molecule has 1 saturated heterocycles. The van der Waals surface area contributed by atoms with Gasteiger partial charge in [0.25, 0.3) is 0 Å². The van der Waals surface area contributed by atoms with Crippen LogP contribution in [0.25, 0.3) is 0 Å². The van der Waals surface area contributed by atoms with Crippen LogP contribution in [0.1, 0.15) is 24.0 Å². The summed E-state index contributed by atoms with van der Waals surface area (Å²) < 4.78 is 13.8. The van der Waals surface area contributed by atoms with Gasteiger partial charge in [0, 0.05) is 25.3 Å². The van der Waals surface area contributed by atoms with E-state index in [9.17, 15) is 4.39 Å². The second-order valence-corrected chi connectivity index (χ2v) is 5.66. The van der Waals surface area contributed by atoms with E-state index < -0.39 is 0 Å². The van der Waals surface area contributed by atoms with Crippen molar-refractivity contribution < 1.29 is 4.39 Å². The molecule has 2 aromatic carbocycles. The molecule has 0 aromatic heterocycles. The molecular weight excluding hydrogens is 263 g/mol. The van der Waals surface area contributed by atoms with Crippen molar-refractivity contribution in [2.24, 2.45) is 0 Å². The van der Waals surface area contributed by atoms with Crippen LogP contribution in [0.5, 0.6) is 0 Å². The van der Waals surface area contributed by atoms with Gasteiger partial charge in [-0.3, -0.25) is 0 Å². The van der Waals surface area contributed by atoms with E-state index in [1.807, 2.05) is 19.1 Å². The molecule has 110 valence electrons. The summed E-state index contributed by atoms with van der Waals surface area (Å²) in [5.74, 6) is -0.195. The summed E-state index contributed by atoms with van der Waals surface area (Å²) >= 11 is 0. The van der Waals surface area contributed by atoms with Crippen LogP contribution in [0.15, 0.2) is 42.5 Å². The van der Waals surface area contributed by atoms with Crippen molar-refractivity contribution in [3.05, 3.63) is 59.4 Å². The van der Waals surface area contributed by atoms with Gasteiger partial charge in [-0.1, -0.05) is 24.3 Å². The Labute approximate surface area is 125 Å². The molecule has 2 aromatic rings. The van der Waals surface area contributed by atoms with Crippen LogP contribution >= 0.6 is 0 Å².